The molecule has 0 bridgehead atoms. The summed E-state index contributed by atoms with van der Waals surface area (Å²) in [6.45, 7) is 2.89. The van der Waals surface area contributed by atoms with Gasteiger partial charge in [0.05, 0.1) is 6.42 Å². The van der Waals surface area contributed by atoms with Crippen molar-refractivity contribution in [3.63, 3.8) is 0 Å². The zero-order valence-electron chi connectivity index (χ0n) is 12.2. The molecule has 0 unspecified atom stereocenters. The number of rotatable bonds is 4. The molecule has 1 aromatic rings. The number of benzene rings is 1. The minimum Gasteiger partial charge on any atom is -0.455 e. The summed E-state index contributed by atoms with van der Waals surface area (Å²) in [5.41, 5.74) is 7.05. The zero-order chi connectivity index (χ0) is 15.2. The highest BCUT2D eigenvalue weighted by Gasteiger charge is 2.20. The topological polar surface area (TPSA) is 75.9 Å². The Balaban J connectivity index is 1.73. The maximum absolute atomic E-state index is 11.9. The number of nitrogens with two attached hydrogens (primary N) is 1. The Kier molecular flexibility index (Phi) is 5.16. The van der Waals surface area contributed by atoms with Crippen LogP contribution in [0.25, 0.3) is 0 Å². The maximum Gasteiger partial charge on any atom is 0.310 e. The first kappa shape index (κ1) is 15.3. The molecule has 1 aliphatic rings. The summed E-state index contributed by atoms with van der Waals surface area (Å²) in [5, 5.41) is 0. The normalized spacial score (nSPS) is 15.8. The first-order chi connectivity index (χ1) is 10.0. The second-order valence-corrected chi connectivity index (χ2v) is 5.26. The molecule has 0 aromatic heterocycles. The van der Waals surface area contributed by atoms with E-state index in [9.17, 15) is 9.59 Å². The van der Waals surface area contributed by atoms with Crippen molar-refractivity contribution in [2.24, 2.45) is 0 Å². The van der Waals surface area contributed by atoms with Gasteiger partial charge < -0.3 is 20.3 Å². The van der Waals surface area contributed by atoms with Crippen LogP contribution in [-0.2, 0) is 20.7 Å². The summed E-state index contributed by atoms with van der Waals surface area (Å²) < 4.78 is 5.04. The number of carbonyl (C=O) groups is 2. The summed E-state index contributed by atoms with van der Waals surface area (Å²) in [7, 11) is 2.02. The van der Waals surface area contributed by atoms with E-state index in [1.54, 1.807) is 29.2 Å². The molecule has 1 fully saturated rings. The number of carbonyl (C=O) groups excluding carboxylic acids is 2. The molecule has 114 valence electrons. The van der Waals surface area contributed by atoms with Gasteiger partial charge in [0.1, 0.15) is 0 Å². The van der Waals surface area contributed by atoms with Gasteiger partial charge in [-0.1, -0.05) is 12.1 Å². The van der Waals surface area contributed by atoms with Gasteiger partial charge in [-0.3, -0.25) is 9.59 Å². The molecule has 0 atom stereocenters. The second kappa shape index (κ2) is 7.08. The molecule has 0 aliphatic carbocycles. The van der Waals surface area contributed by atoms with Crippen LogP contribution in [0.2, 0.25) is 0 Å². The molecule has 0 radical (unpaired) electrons. The lowest BCUT2D eigenvalue weighted by molar-refractivity contribution is -0.152. The van der Waals surface area contributed by atoms with Crippen LogP contribution >= 0.6 is 0 Å². The molecule has 0 spiro atoms. The van der Waals surface area contributed by atoms with Gasteiger partial charge in [-0.25, -0.2) is 0 Å². The number of esters is 1. The number of likely N-dealkylation sites (N-methyl/N-ethyl adjacent to an activating group) is 1. The molecule has 6 nitrogen and oxygen atoms in total. The van der Waals surface area contributed by atoms with Crippen molar-refractivity contribution in [1.82, 2.24) is 9.80 Å². The summed E-state index contributed by atoms with van der Waals surface area (Å²) in [6, 6.07) is 7.02. The summed E-state index contributed by atoms with van der Waals surface area (Å²) >= 11 is 0. The smallest absolute Gasteiger partial charge is 0.310 e. The van der Waals surface area contributed by atoms with Gasteiger partial charge in [0.25, 0.3) is 5.91 Å². The summed E-state index contributed by atoms with van der Waals surface area (Å²) in [5.74, 6) is -0.531. The fourth-order valence-electron chi connectivity index (χ4n) is 2.14. The third-order valence-corrected chi connectivity index (χ3v) is 3.54. The van der Waals surface area contributed by atoms with Crippen molar-refractivity contribution in [2.45, 2.75) is 6.42 Å². The average molecular weight is 291 g/mol. The number of amides is 1. The molecule has 21 heavy (non-hydrogen) atoms. The van der Waals surface area contributed by atoms with E-state index in [2.05, 4.69) is 4.90 Å². The lowest BCUT2D eigenvalue weighted by Gasteiger charge is -2.32. The van der Waals surface area contributed by atoms with Crippen LogP contribution in [0.4, 0.5) is 5.69 Å². The van der Waals surface area contributed by atoms with Crippen molar-refractivity contribution in [2.75, 3.05) is 45.6 Å². The van der Waals surface area contributed by atoms with Crippen LogP contribution < -0.4 is 5.73 Å². The van der Waals surface area contributed by atoms with Crippen molar-refractivity contribution >= 4 is 17.6 Å². The Morgan fingerprint density at radius 3 is 2.38 bits per heavy atom. The number of anilines is 1. The average Bonchev–Trinajstić information content (AvgIpc) is 2.48. The molecule has 1 aliphatic heterocycles. The number of hydrogen-bond donors (Lipinski definition) is 1. The van der Waals surface area contributed by atoms with Gasteiger partial charge >= 0.3 is 5.97 Å². The van der Waals surface area contributed by atoms with Gasteiger partial charge in [0.15, 0.2) is 6.61 Å². The fourth-order valence-corrected chi connectivity index (χ4v) is 2.14. The highest BCUT2D eigenvalue weighted by atomic mass is 16.5. The van der Waals surface area contributed by atoms with Crippen LogP contribution in [0.3, 0.4) is 0 Å². The lowest BCUT2D eigenvalue weighted by Crippen LogP contribution is -2.48. The monoisotopic (exact) mass is 291 g/mol. The Morgan fingerprint density at radius 1 is 1.14 bits per heavy atom. The minimum absolute atomic E-state index is 0.131. The molecule has 1 amide bonds. The first-order valence-electron chi connectivity index (χ1n) is 7.01. The highest BCUT2D eigenvalue weighted by Crippen LogP contribution is 2.07. The third kappa shape index (κ3) is 4.75. The highest BCUT2D eigenvalue weighted by molar-refractivity contribution is 5.81. The first-order valence-corrected chi connectivity index (χ1v) is 7.01. The molecule has 1 heterocycles. The van der Waals surface area contributed by atoms with Gasteiger partial charge in [-0.15, -0.1) is 0 Å². The number of hydrogen-bond acceptors (Lipinski definition) is 5. The zero-order valence-corrected chi connectivity index (χ0v) is 12.2. The van der Waals surface area contributed by atoms with E-state index in [1.165, 1.54) is 0 Å². The van der Waals surface area contributed by atoms with Crippen molar-refractivity contribution in [1.29, 1.82) is 0 Å². The fraction of sp³-hybridized carbons (Fsp3) is 0.467. The van der Waals surface area contributed by atoms with Crippen LogP contribution in [0.15, 0.2) is 24.3 Å². The molecular formula is C15H21N3O3. The number of ether oxygens (including phenoxy) is 1. The molecule has 2 rings (SSSR count). The van der Waals surface area contributed by atoms with Crippen molar-refractivity contribution in [3.8, 4) is 0 Å². The quantitative estimate of drug-likeness (QED) is 0.630. The van der Waals surface area contributed by atoms with Crippen molar-refractivity contribution < 1.29 is 14.3 Å². The lowest BCUT2D eigenvalue weighted by atomic mass is 10.1. The minimum atomic E-state index is -0.401. The third-order valence-electron chi connectivity index (χ3n) is 3.54. The molecule has 0 saturated carbocycles. The number of nitrogen functional groups attached to an aromatic ring is 1. The Hall–Kier alpha value is -2.08. The van der Waals surface area contributed by atoms with Crippen LogP contribution in [0.5, 0.6) is 0 Å². The maximum atomic E-state index is 11.9. The summed E-state index contributed by atoms with van der Waals surface area (Å²) in [4.78, 5) is 27.5. The molecule has 1 saturated heterocycles. The van der Waals surface area contributed by atoms with Gasteiger partial charge in [0.2, 0.25) is 0 Å². The predicted octanol–water partition coefficient (Wildman–Crippen LogP) is 0.129. The van der Waals surface area contributed by atoms with E-state index in [1.807, 2.05) is 7.05 Å². The van der Waals surface area contributed by atoms with E-state index in [0.717, 1.165) is 18.7 Å². The van der Waals surface area contributed by atoms with E-state index < -0.39 is 5.97 Å². The van der Waals surface area contributed by atoms with Gasteiger partial charge in [-0.05, 0) is 24.7 Å². The van der Waals surface area contributed by atoms with Crippen LogP contribution in [0.1, 0.15) is 5.56 Å². The molecular weight excluding hydrogens is 270 g/mol. The Labute approximate surface area is 124 Å². The predicted molar refractivity (Wildman–Crippen MR) is 79.6 cm³/mol. The summed E-state index contributed by atoms with van der Waals surface area (Å²) in [6.07, 6.45) is 0.149. The molecule has 2 N–H and O–H groups in total. The van der Waals surface area contributed by atoms with Gasteiger partial charge in [0, 0.05) is 31.9 Å². The second-order valence-electron chi connectivity index (χ2n) is 5.26. The Morgan fingerprint density at radius 2 is 1.76 bits per heavy atom. The molecule has 1 aromatic carbocycles. The van der Waals surface area contributed by atoms with E-state index in [0.29, 0.717) is 18.8 Å². The SMILES string of the molecule is CN1CCN(C(=O)COC(=O)Cc2ccc(N)cc2)CC1. The van der Waals surface area contributed by atoms with Gasteiger partial charge in [-0.2, -0.15) is 0 Å². The molecule has 6 heteroatoms. The van der Waals surface area contributed by atoms with E-state index >= 15 is 0 Å². The van der Waals surface area contributed by atoms with Crippen LogP contribution in [0, 0.1) is 0 Å². The number of nitrogens with zero attached hydrogens (tertiary/aromatic N) is 2. The van der Waals surface area contributed by atoms with E-state index in [-0.39, 0.29) is 18.9 Å². The van der Waals surface area contributed by atoms with Crippen molar-refractivity contribution in [3.05, 3.63) is 29.8 Å². The van der Waals surface area contributed by atoms with E-state index in [4.69, 9.17) is 10.5 Å². The largest absolute Gasteiger partial charge is 0.455 e. The van der Waals surface area contributed by atoms with Crippen LogP contribution in [-0.4, -0.2) is 61.5 Å². The Bertz CT molecular complexity index is 493. The number of piperazine rings is 1. The standard InChI is InChI=1S/C15H21N3O3/c1-17-6-8-18(9-7-17)14(19)11-21-15(20)10-12-2-4-13(16)5-3-12/h2-5H,6-11,16H2,1H3.